The summed E-state index contributed by atoms with van der Waals surface area (Å²) in [6.07, 6.45) is 2.00. The Bertz CT molecular complexity index is 284. The minimum absolute atomic E-state index is 0.114. The highest BCUT2D eigenvalue weighted by molar-refractivity contribution is 7.98. The molecule has 1 aromatic carbocycles. The summed E-state index contributed by atoms with van der Waals surface area (Å²) in [5.74, 6) is 0. The SMILES string of the molecule is CSc1ccc(C(Cl)=NO)cc1. The molecule has 64 valence electrons. The van der Waals surface area contributed by atoms with Gasteiger partial charge < -0.3 is 5.21 Å². The van der Waals surface area contributed by atoms with Crippen molar-refractivity contribution in [3.63, 3.8) is 0 Å². The molecule has 0 aliphatic heterocycles. The molecule has 1 aromatic rings. The van der Waals surface area contributed by atoms with E-state index in [9.17, 15) is 0 Å². The Kier molecular flexibility index (Phi) is 3.44. The standard InChI is InChI=1S/C8H8ClNOS/c1-12-7-4-2-6(3-5-7)8(9)10-11/h2-5,11H,1H3. The van der Waals surface area contributed by atoms with E-state index in [1.807, 2.05) is 30.5 Å². The van der Waals surface area contributed by atoms with Gasteiger partial charge in [0.2, 0.25) is 0 Å². The van der Waals surface area contributed by atoms with Crippen LogP contribution in [-0.4, -0.2) is 16.6 Å². The second-order valence-corrected chi connectivity index (χ2v) is 3.36. The Labute approximate surface area is 80.2 Å². The van der Waals surface area contributed by atoms with Gasteiger partial charge in [-0.15, -0.1) is 11.8 Å². The van der Waals surface area contributed by atoms with Crippen molar-refractivity contribution in [3.8, 4) is 0 Å². The van der Waals surface area contributed by atoms with Crippen LogP contribution in [0.5, 0.6) is 0 Å². The predicted molar refractivity (Wildman–Crippen MR) is 52.4 cm³/mol. The topological polar surface area (TPSA) is 32.6 Å². The van der Waals surface area contributed by atoms with Crippen LogP contribution in [0.2, 0.25) is 0 Å². The lowest BCUT2D eigenvalue weighted by Gasteiger charge is -1.97. The van der Waals surface area contributed by atoms with E-state index >= 15 is 0 Å². The molecule has 0 spiro atoms. The monoisotopic (exact) mass is 201 g/mol. The predicted octanol–water partition coefficient (Wildman–Crippen LogP) is 2.78. The zero-order chi connectivity index (χ0) is 8.97. The Hall–Kier alpha value is -0.670. The van der Waals surface area contributed by atoms with Gasteiger partial charge in [-0.25, -0.2) is 0 Å². The third kappa shape index (κ3) is 2.16. The average molecular weight is 202 g/mol. The number of benzene rings is 1. The Morgan fingerprint density at radius 2 is 2.00 bits per heavy atom. The third-order valence-corrected chi connectivity index (χ3v) is 2.45. The van der Waals surface area contributed by atoms with Gasteiger partial charge in [-0.1, -0.05) is 28.9 Å². The first kappa shape index (κ1) is 9.42. The van der Waals surface area contributed by atoms with Crippen molar-refractivity contribution in [1.29, 1.82) is 0 Å². The van der Waals surface area contributed by atoms with E-state index in [2.05, 4.69) is 5.16 Å². The molecule has 0 saturated carbocycles. The summed E-state index contributed by atoms with van der Waals surface area (Å²) in [7, 11) is 0. The maximum absolute atomic E-state index is 8.37. The van der Waals surface area contributed by atoms with Crippen LogP contribution in [0.4, 0.5) is 0 Å². The molecule has 0 aliphatic carbocycles. The zero-order valence-corrected chi connectivity index (χ0v) is 8.06. The van der Waals surface area contributed by atoms with Crippen molar-refractivity contribution in [1.82, 2.24) is 0 Å². The lowest BCUT2D eigenvalue weighted by molar-refractivity contribution is 0.321. The van der Waals surface area contributed by atoms with Crippen molar-refractivity contribution in [2.45, 2.75) is 4.90 Å². The van der Waals surface area contributed by atoms with Gasteiger partial charge in [0.25, 0.3) is 0 Å². The number of oxime groups is 1. The lowest BCUT2D eigenvalue weighted by atomic mass is 10.2. The van der Waals surface area contributed by atoms with Crippen LogP contribution in [-0.2, 0) is 0 Å². The maximum atomic E-state index is 8.37. The van der Waals surface area contributed by atoms with Crippen LogP contribution in [0.3, 0.4) is 0 Å². The van der Waals surface area contributed by atoms with Crippen LogP contribution in [0.15, 0.2) is 34.3 Å². The van der Waals surface area contributed by atoms with Crippen molar-refractivity contribution >= 4 is 28.5 Å². The first-order valence-corrected chi connectivity index (χ1v) is 4.90. The summed E-state index contributed by atoms with van der Waals surface area (Å²) < 4.78 is 0. The summed E-state index contributed by atoms with van der Waals surface area (Å²) in [5, 5.41) is 11.4. The van der Waals surface area contributed by atoms with Crippen molar-refractivity contribution in [2.24, 2.45) is 5.16 Å². The molecule has 1 rings (SSSR count). The number of halogens is 1. The number of rotatable bonds is 2. The number of hydrogen-bond donors (Lipinski definition) is 1. The largest absolute Gasteiger partial charge is 0.410 e. The first-order valence-electron chi connectivity index (χ1n) is 3.30. The van der Waals surface area contributed by atoms with E-state index in [1.54, 1.807) is 11.8 Å². The van der Waals surface area contributed by atoms with Gasteiger partial charge in [-0.05, 0) is 18.4 Å². The zero-order valence-electron chi connectivity index (χ0n) is 6.49. The molecule has 0 radical (unpaired) electrons. The molecule has 0 aromatic heterocycles. The fraction of sp³-hybridized carbons (Fsp3) is 0.125. The fourth-order valence-corrected chi connectivity index (χ4v) is 1.32. The van der Waals surface area contributed by atoms with E-state index in [0.717, 1.165) is 10.5 Å². The molecular formula is C8H8ClNOS. The Morgan fingerprint density at radius 3 is 2.42 bits per heavy atom. The molecule has 0 heterocycles. The molecule has 12 heavy (non-hydrogen) atoms. The molecule has 0 amide bonds. The normalized spacial score (nSPS) is 11.7. The highest BCUT2D eigenvalue weighted by Gasteiger charge is 1.98. The summed E-state index contributed by atoms with van der Waals surface area (Å²) in [6.45, 7) is 0. The molecule has 0 bridgehead atoms. The number of thioether (sulfide) groups is 1. The molecule has 0 unspecified atom stereocenters. The summed E-state index contributed by atoms with van der Waals surface area (Å²) in [6, 6.07) is 7.48. The summed E-state index contributed by atoms with van der Waals surface area (Å²) in [4.78, 5) is 1.15. The maximum Gasteiger partial charge on any atom is 0.175 e. The smallest absolute Gasteiger partial charge is 0.175 e. The minimum Gasteiger partial charge on any atom is -0.410 e. The van der Waals surface area contributed by atoms with Crippen LogP contribution in [0.25, 0.3) is 0 Å². The quantitative estimate of drug-likeness (QED) is 0.346. The highest BCUT2D eigenvalue weighted by Crippen LogP contribution is 2.15. The molecule has 1 N–H and O–H groups in total. The highest BCUT2D eigenvalue weighted by atomic mass is 35.5. The van der Waals surface area contributed by atoms with Crippen molar-refractivity contribution in [2.75, 3.05) is 6.26 Å². The Morgan fingerprint density at radius 1 is 1.42 bits per heavy atom. The van der Waals surface area contributed by atoms with Gasteiger partial charge in [0.05, 0.1) is 0 Å². The molecule has 2 nitrogen and oxygen atoms in total. The average Bonchev–Trinajstić information content (AvgIpc) is 2.17. The minimum atomic E-state index is 0.114. The molecule has 0 saturated heterocycles. The van der Waals surface area contributed by atoms with Gasteiger partial charge in [0, 0.05) is 10.5 Å². The third-order valence-electron chi connectivity index (χ3n) is 1.42. The van der Waals surface area contributed by atoms with Gasteiger partial charge in [0.15, 0.2) is 5.17 Å². The second kappa shape index (κ2) is 4.38. The van der Waals surface area contributed by atoms with E-state index in [-0.39, 0.29) is 5.17 Å². The van der Waals surface area contributed by atoms with Gasteiger partial charge in [-0.2, -0.15) is 0 Å². The van der Waals surface area contributed by atoms with Gasteiger partial charge >= 0.3 is 0 Å². The molecule has 0 atom stereocenters. The van der Waals surface area contributed by atoms with E-state index < -0.39 is 0 Å². The van der Waals surface area contributed by atoms with Crippen LogP contribution < -0.4 is 0 Å². The fourth-order valence-electron chi connectivity index (χ4n) is 0.786. The van der Waals surface area contributed by atoms with E-state index in [1.165, 1.54) is 0 Å². The Balaban J connectivity index is 2.92. The molecule has 4 heteroatoms. The van der Waals surface area contributed by atoms with Crippen LogP contribution >= 0.6 is 23.4 Å². The molecule has 0 aliphatic rings. The molecule has 0 fully saturated rings. The first-order chi connectivity index (χ1) is 5.77. The second-order valence-electron chi connectivity index (χ2n) is 2.12. The van der Waals surface area contributed by atoms with Crippen molar-refractivity contribution in [3.05, 3.63) is 29.8 Å². The molecular weight excluding hydrogens is 194 g/mol. The van der Waals surface area contributed by atoms with Gasteiger partial charge in [-0.3, -0.25) is 0 Å². The van der Waals surface area contributed by atoms with E-state index in [0.29, 0.717) is 0 Å². The van der Waals surface area contributed by atoms with Crippen LogP contribution in [0.1, 0.15) is 5.56 Å². The number of hydrogen-bond acceptors (Lipinski definition) is 3. The lowest BCUT2D eigenvalue weighted by Crippen LogP contribution is -1.89. The van der Waals surface area contributed by atoms with Crippen molar-refractivity contribution < 1.29 is 5.21 Å². The van der Waals surface area contributed by atoms with Gasteiger partial charge in [0.1, 0.15) is 0 Å². The summed E-state index contributed by atoms with van der Waals surface area (Å²) >= 11 is 7.23. The summed E-state index contributed by atoms with van der Waals surface area (Å²) in [5.41, 5.74) is 0.719. The van der Waals surface area contributed by atoms with Crippen LogP contribution in [0, 0.1) is 0 Å². The number of nitrogens with zero attached hydrogens (tertiary/aromatic N) is 1. The van der Waals surface area contributed by atoms with E-state index in [4.69, 9.17) is 16.8 Å².